The minimum atomic E-state index is -0.887. The zero-order chi connectivity index (χ0) is 13.0. The number of benzene rings is 2. The van der Waals surface area contributed by atoms with E-state index in [0.29, 0.717) is 16.9 Å². The van der Waals surface area contributed by atoms with Crippen molar-refractivity contribution in [2.45, 2.75) is 6.42 Å². The number of aliphatic carboxylic acids is 1. The zero-order valence-electron chi connectivity index (χ0n) is 9.63. The first-order chi connectivity index (χ1) is 8.66. The number of hydrogen-bond donors (Lipinski definition) is 3. The van der Waals surface area contributed by atoms with E-state index in [-0.39, 0.29) is 12.2 Å². The molecule has 4 nitrogen and oxygen atoms in total. The van der Waals surface area contributed by atoms with E-state index in [0.717, 1.165) is 0 Å². The van der Waals surface area contributed by atoms with Crippen LogP contribution in [-0.4, -0.2) is 16.2 Å². The summed E-state index contributed by atoms with van der Waals surface area (Å²) in [7, 11) is 0. The second-order valence-electron chi connectivity index (χ2n) is 3.87. The van der Waals surface area contributed by atoms with E-state index in [4.69, 9.17) is 5.11 Å². The number of anilines is 2. The fourth-order valence-corrected chi connectivity index (χ4v) is 1.68. The van der Waals surface area contributed by atoms with Crippen LogP contribution in [0.3, 0.4) is 0 Å². The highest BCUT2D eigenvalue weighted by molar-refractivity contribution is 5.76. The lowest BCUT2D eigenvalue weighted by Gasteiger charge is -2.11. The number of nitrogens with one attached hydrogen (secondary N) is 1. The van der Waals surface area contributed by atoms with Gasteiger partial charge in [-0.2, -0.15) is 0 Å². The molecule has 92 valence electrons. The third-order valence-corrected chi connectivity index (χ3v) is 2.53. The van der Waals surface area contributed by atoms with Gasteiger partial charge in [0.25, 0.3) is 0 Å². The highest BCUT2D eigenvalue weighted by Gasteiger charge is 2.07. The molecule has 0 saturated carbocycles. The maximum atomic E-state index is 10.8. The molecule has 0 spiro atoms. The Labute approximate surface area is 105 Å². The average molecular weight is 243 g/mol. The minimum Gasteiger partial charge on any atom is -0.506 e. The highest BCUT2D eigenvalue weighted by Crippen LogP contribution is 2.27. The molecule has 2 aromatic rings. The fraction of sp³-hybridized carbons (Fsp3) is 0.0714. The number of aromatic hydroxyl groups is 1. The van der Waals surface area contributed by atoms with Gasteiger partial charge in [-0.25, -0.2) is 0 Å². The maximum absolute atomic E-state index is 10.8. The third-order valence-electron chi connectivity index (χ3n) is 2.53. The molecular weight excluding hydrogens is 230 g/mol. The number of rotatable bonds is 4. The molecule has 0 aliphatic rings. The molecule has 2 rings (SSSR count). The summed E-state index contributed by atoms with van der Waals surface area (Å²) in [5.74, 6) is -0.760. The molecule has 0 bridgehead atoms. The van der Waals surface area contributed by atoms with Crippen molar-refractivity contribution < 1.29 is 15.0 Å². The molecule has 0 aliphatic carbocycles. The number of carboxylic acid groups (broad SMARTS) is 1. The van der Waals surface area contributed by atoms with Crippen LogP contribution < -0.4 is 5.32 Å². The fourth-order valence-electron chi connectivity index (χ4n) is 1.68. The van der Waals surface area contributed by atoms with Gasteiger partial charge in [0.15, 0.2) is 0 Å². The van der Waals surface area contributed by atoms with Gasteiger partial charge >= 0.3 is 5.97 Å². The number of phenols is 1. The summed E-state index contributed by atoms with van der Waals surface area (Å²) >= 11 is 0. The van der Waals surface area contributed by atoms with Crippen molar-refractivity contribution in [1.29, 1.82) is 0 Å². The van der Waals surface area contributed by atoms with Crippen LogP contribution in [-0.2, 0) is 11.2 Å². The molecule has 0 aromatic heterocycles. The topological polar surface area (TPSA) is 69.6 Å². The van der Waals surface area contributed by atoms with Gasteiger partial charge in [-0.1, -0.05) is 30.3 Å². The van der Waals surface area contributed by atoms with Crippen LogP contribution in [0.4, 0.5) is 11.4 Å². The molecule has 18 heavy (non-hydrogen) atoms. The molecule has 0 unspecified atom stereocenters. The molecule has 0 saturated heterocycles. The van der Waals surface area contributed by atoms with E-state index in [1.54, 1.807) is 42.5 Å². The minimum absolute atomic E-state index is 0.0588. The van der Waals surface area contributed by atoms with Gasteiger partial charge in [-0.05, 0) is 23.8 Å². The van der Waals surface area contributed by atoms with Gasteiger partial charge in [0.1, 0.15) is 5.75 Å². The third kappa shape index (κ3) is 2.79. The molecule has 4 heteroatoms. The molecule has 0 heterocycles. The summed E-state index contributed by atoms with van der Waals surface area (Å²) in [5.41, 5.74) is 1.91. The van der Waals surface area contributed by atoms with Crippen LogP contribution in [0, 0.1) is 0 Å². The summed E-state index contributed by atoms with van der Waals surface area (Å²) in [6, 6.07) is 13.9. The maximum Gasteiger partial charge on any atom is 0.307 e. The Hall–Kier alpha value is -2.49. The lowest BCUT2D eigenvalue weighted by molar-refractivity contribution is -0.136. The summed E-state index contributed by atoms with van der Waals surface area (Å²) in [4.78, 5) is 10.8. The number of hydrogen-bond acceptors (Lipinski definition) is 3. The zero-order valence-corrected chi connectivity index (χ0v) is 9.63. The number of carboxylic acids is 1. The van der Waals surface area contributed by atoms with E-state index in [2.05, 4.69) is 5.32 Å². The second kappa shape index (κ2) is 5.23. The van der Waals surface area contributed by atoms with Gasteiger partial charge in [-0.15, -0.1) is 0 Å². The van der Waals surface area contributed by atoms with Crippen molar-refractivity contribution in [3.05, 3.63) is 54.1 Å². The summed E-state index contributed by atoms with van der Waals surface area (Å²) in [6.45, 7) is 0. The van der Waals surface area contributed by atoms with Crippen molar-refractivity contribution in [3.8, 4) is 5.75 Å². The van der Waals surface area contributed by atoms with Crippen LogP contribution in [0.1, 0.15) is 5.56 Å². The molecule has 0 aliphatic heterocycles. The van der Waals surface area contributed by atoms with Crippen molar-refractivity contribution in [2.24, 2.45) is 0 Å². The van der Waals surface area contributed by atoms with Crippen molar-refractivity contribution in [3.63, 3.8) is 0 Å². The van der Waals surface area contributed by atoms with Gasteiger partial charge in [0.2, 0.25) is 0 Å². The van der Waals surface area contributed by atoms with E-state index in [1.165, 1.54) is 0 Å². The van der Waals surface area contributed by atoms with Crippen molar-refractivity contribution in [2.75, 3.05) is 5.32 Å². The lowest BCUT2D eigenvalue weighted by Crippen LogP contribution is -2.03. The molecule has 0 radical (unpaired) electrons. The predicted molar refractivity (Wildman–Crippen MR) is 69.2 cm³/mol. The van der Waals surface area contributed by atoms with Crippen LogP contribution in [0.5, 0.6) is 5.75 Å². The largest absolute Gasteiger partial charge is 0.506 e. The first-order valence-electron chi connectivity index (χ1n) is 5.51. The Kier molecular flexibility index (Phi) is 3.48. The standard InChI is InChI=1S/C14H13NO3/c16-13-8-4-3-7-12(13)15-11-6-2-1-5-10(11)9-14(17)18/h1-8,15-16H,9H2,(H,17,18). The Morgan fingerprint density at radius 1 is 1.00 bits per heavy atom. The first-order valence-corrected chi connectivity index (χ1v) is 5.51. The van der Waals surface area contributed by atoms with Crippen LogP contribution in [0.25, 0.3) is 0 Å². The number of para-hydroxylation sites is 3. The molecule has 0 fully saturated rings. The van der Waals surface area contributed by atoms with Gasteiger partial charge < -0.3 is 15.5 Å². The predicted octanol–water partition coefficient (Wildman–Crippen LogP) is 2.76. The van der Waals surface area contributed by atoms with E-state index in [9.17, 15) is 9.90 Å². The average Bonchev–Trinajstić information content (AvgIpc) is 2.34. The van der Waals surface area contributed by atoms with Crippen molar-refractivity contribution >= 4 is 17.3 Å². The van der Waals surface area contributed by atoms with Crippen LogP contribution in [0.2, 0.25) is 0 Å². The van der Waals surface area contributed by atoms with E-state index in [1.807, 2.05) is 6.07 Å². The Morgan fingerprint density at radius 2 is 1.61 bits per heavy atom. The molecule has 3 N–H and O–H groups in total. The Bertz CT molecular complexity index is 566. The summed E-state index contributed by atoms with van der Waals surface area (Å²) in [6.07, 6.45) is -0.0588. The van der Waals surface area contributed by atoms with Crippen LogP contribution in [0.15, 0.2) is 48.5 Å². The van der Waals surface area contributed by atoms with Gasteiger partial charge in [0, 0.05) is 5.69 Å². The molecule has 0 amide bonds. The van der Waals surface area contributed by atoms with E-state index < -0.39 is 5.97 Å². The normalized spacial score (nSPS) is 10.0. The molecular formula is C14H13NO3. The second-order valence-corrected chi connectivity index (χ2v) is 3.87. The quantitative estimate of drug-likeness (QED) is 0.722. The summed E-state index contributed by atoms with van der Waals surface area (Å²) < 4.78 is 0. The number of phenolic OH excluding ortho intramolecular Hbond substituents is 1. The van der Waals surface area contributed by atoms with Crippen molar-refractivity contribution in [1.82, 2.24) is 0 Å². The summed E-state index contributed by atoms with van der Waals surface area (Å²) in [5, 5.41) is 21.5. The van der Waals surface area contributed by atoms with E-state index >= 15 is 0 Å². The smallest absolute Gasteiger partial charge is 0.307 e. The Balaban J connectivity index is 2.29. The Morgan fingerprint density at radius 3 is 2.28 bits per heavy atom. The molecule has 0 atom stereocenters. The van der Waals surface area contributed by atoms with Crippen LogP contribution >= 0.6 is 0 Å². The SMILES string of the molecule is O=C(O)Cc1ccccc1Nc1ccccc1O. The highest BCUT2D eigenvalue weighted by atomic mass is 16.4. The lowest BCUT2D eigenvalue weighted by atomic mass is 10.1. The van der Waals surface area contributed by atoms with Gasteiger partial charge in [-0.3, -0.25) is 4.79 Å². The molecule has 2 aromatic carbocycles. The van der Waals surface area contributed by atoms with Gasteiger partial charge in [0.05, 0.1) is 12.1 Å². The first kappa shape index (κ1) is 12.0. The monoisotopic (exact) mass is 243 g/mol. The number of carbonyl (C=O) groups is 1.